The molecule has 2 aliphatic heterocycles. The molecule has 3 unspecified atom stereocenters. The first-order chi connectivity index (χ1) is 17.6. The predicted octanol–water partition coefficient (Wildman–Crippen LogP) is 6.65. The fourth-order valence-electron chi connectivity index (χ4n) is 5.28. The maximum Gasteiger partial charge on any atom is 0.176 e. The summed E-state index contributed by atoms with van der Waals surface area (Å²) in [7, 11) is 0. The van der Waals surface area contributed by atoms with E-state index >= 15 is 4.39 Å². The van der Waals surface area contributed by atoms with Crippen molar-refractivity contribution in [3.05, 3.63) is 46.4 Å². The average Bonchev–Trinajstić information content (AvgIpc) is 3.61. The van der Waals surface area contributed by atoms with Crippen molar-refractivity contribution in [3.8, 4) is 0 Å². The molecule has 0 radical (unpaired) electrons. The first-order valence-corrected chi connectivity index (χ1v) is 14.1. The molecule has 5 heterocycles. The van der Waals surface area contributed by atoms with Crippen LogP contribution in [0.2, 0.25) is 0 Å². The quantitative estimate of drug-likeness (QED) is 0.289. The SMILES string of the molecule is CC1C(c2cc3c(Nc4c(F)cc5scnc5c4F)ccnc3s2)CCN1CCOC1CCCCO1. The third kappa shape index (κ3) is 4.61. The van der Waals surface area contributed by atoms with Gasteiger partial charge in [-0.15, -0.1) is 22.7 Å². The number of hydrogen-bond donors (Lipinski definition) is 1. The highest BCUT2D eigenvalue weighted by atomic mass is 32.1. The van der Waals surface area contributed by atoms with E-state index in [0.29, 0.717) is 29.0 Å². The van der Waals surface area contributed by atoms with E-state index in [1.54, 1.807) is 23.6 Å². The van der Waals surface area contributed by atoms with Gasteiger partial charge in [0.15, 0.2) is 17.9 Å². The molecule has 1 aromatic carbocycles. The van der Waals surface area contributed by atoms with Gasteiger partial charge in [-0.2, -0.15) is 0 Å². The van der Waals surface area contributed by atoms with Crippen molar-refractivity contribution in [2.24, 2.45) is 0 Å². The molecular formula is C26H28F2N4O2S2. The van der Waals surface area contributed by atoms with E-state index in [0.717, 1.165) is 49.2 Å². The lowest BCUT2D eigenvalue weighted by Gasteiger charge is -2.26. The van der Waals surface area contributed by atoms with Gasteiger partial charge in [0.25, 0.3) is 0 Å². The highest BCUT2D eigenvalue weighted by Gasteiger charge is 2.33. The summed E-state index contributed by atoms with van der Waals surface area (Å²) in [5.74, 6) is -0.930. The van der Waals surface area contributed by atoms with Gasteiger partial charge < -0.3 is 14.8 Å². The van der Waals surface area contributed by atoms with Crippen LogP contribution >= 0.6 is 22.7 Å². The van der Waals surface area contributed by atoms with Crippen molar-refractivity contribution in [2.45, 2.75) is 50.9 Å². The second kappa shape index (κ2) is 10.3. The van der Waals surface area contributed by atoms with E-state index < -0.39 is 11.6 Å². The van der Waals surface area contributed by atoms with Crippen LogP contribution in [-0.2, 0) is 9.47 Å². The largest absolute Gasteiger partial charge is 0.353 e. The normalized spacial score (nSPS) is 23.1. The number of rotatable bonds is 7. The van der Waals surface area contributed by atoms with E-state index in [1.165, 1.54) is 34.2 Å². The zero-order valence-electron chi connectivity index (χ0n) is 20.0. The maximum absolute atomic E-state index is 15.0. The van der Waals surface area contributed by atoms with Crippen LogP contribution < -0.4 is 5.32 Å². The Bertz CT molecular complexity index is 1370. The Balaban J connectivity index is 1.18. The number of anilines is 2. The van der Waals surface area contributed by atoms with Crippen LogP contribution in [0.3, 0.4) is 0 Å². The summed E-state index contributed by atoms with van der Waals surface area (Å²) in [5.41, 5.74) is 2.16. The number of benzene rings is 1. The van der Waals surface area contributed by atoms with Gasteiger partial charge in [-0.25, -0.2) is 18.7 Å². The molecule has 3 atom stereocenters. The molecule has 36 heavy (non-hydrogen) atoms. The van der Waals surface area contributed by atoms with Crippen LogP contribution in [0.4, 0.5) is 20.2 Å². The van der Waals surface area contributed by atoms with E-state index in [4.69, 9.17) is 9.47 Å². The molecule has 3 aromatic heterocycles. The Labute approximate surface area is 216 Å². The molecule has 0 bridgehead atoms. The first-order valence-electron chi connectivity index (χ1n) is 12.4. The molecule has 2 saturated heterocycles. The number of nitrogens with one attached hydrogen (secondary N) is 1. The Morgan fingerprint density at radius 1 is 1.22 bits per heavy atom. The van der Waals surface area contributed by atoms with Crippen LogP contribution in [-0.4, -0.2) is 53.5 Å². The van der Waals surface area contributed by atoms with Gasteiger partial charge >= 0.3 is 0 Å². The Kier molecular flexibility index (Phi) is 6.87. The van der Waals surface area contributed by atoms with Crippen molar-refractivity contribution in [1.29, 1.82) is 0 Å². The Hall–Kier alpha value is -2.24. The lowest BCUT2D eigenvalue weighted by Crippen LogP contribution is -2.34. The summed E-state index contributed by atoms with van der Waals surface area (Å²) < 4.78 is 41.9. The highest BCUT2D eigenvalue weighted by molar-refractivity contribution is 7.18. The molecule has 190 valence electrons. The van der Waals surface area contributed by atoms with Crippen LogP contribution in [0, 0.1) is 11.6 Å². The van der Waals surface area contributed by atoms with Gasteiger partial charge in [0.1, 0.15) is 16.0 Å². The number of thiazole rings is 1. The average molecular weight is 531 g/mol. The topological polar surface area (TPSA) is 59.5 Å². The highest BCUT2D eigenvalue weighted by Crippen LogP contribution is 2.41. The summed E-state index contributed by atoms with van der Waals surface area (Å²) in [6.45, 7) is 5.62. The smallest absolute Gasteiger partial charge is 0.176 e. The van der Waals surface area contributed by atoms with Gasteiger partial charge in [0.2, 0.25) is 0 Å². The lowest BCUT2D eigenvalue weighted by molar-refractivity contribution is -0.164. The summed E-state index contributed by atoms with van der Waals surface area (Å²) in [6, 6.07) is 5.59. The minimum Gasteiger partial charge on any atom is -0.353 e. The molecule has 6 nitrogen and oxygen atoms in total. The van der Waals surface area contributed by atoms with Crippen LogP contribution in [0.25, 0.3) is 20.4 Å². The van der Waals surface area contributed by atoms with Crippen molar-refractivity contribution < 1.29 is 18.3 Å². The minimum absolute atomic E-state index is 0.0575. The summed E-state index contributed by atoms with van der Waals surface area (Å²) >= 11 is 2.87. The molecule has 10 heteroatoms. The first kappa shape index (κ1) is 24.1. The second-order valence-corrected chi connectivity index (χ2v) is 11.4. The molecule has 6 rings (SSSR count). The minimum atomic E-state index is -0.674. The number of nitrogens with zero attached hydrogens (tertiary/aromatic N) is 3. The molecule has 1 N–H and O–H groups in total. The van der Waals surface area contributed by atoms with Crippen molar-refractivity contribution in [2.75, 3.05) is 31.6 Å². The van der Waals surface area contributed by atoms with Crippen molar-refractivity contribution >= 4 is 54.5 Å². The monoisotopic (exact) mass is 530 g/mol. The van der Waals surface area contributed by atoms with Gasteiger partial charge in [0.05, 0.1) is 22.5 Å². The Morgan fingerprint density at radius 2 is 2.14 bits per heavy atom. The van der Waals surface area contributed by atoms with E-state index in [1.807, 2.05) is 0 Å². The zero-order valence-corrected chi connectivity index (χ0v) is 21.6. The van der Waals surface area contributed by atoms with Gasteiger partial charge in [-0.3, -0.25) is 4.90 Å². The van der Waals surface area contributed by atoms with Gasteiger partial charge in [-0.05, 0) is 57.4 Å². The molecule has 0 amide bonds. The van der Waals surface area contributed by atoms with Crippen LogP contribution in [0.1, 0.15) is 43.4 Å². The molecular weight excluding hydrogens is 502 g/mol. The fraction of sp³-hybridized carbons (Fsp3) is 0.462. The predicted molar refractivity (Wildman–Crippen MR) is 140 cm³/mol. The third-order valence-electron chi connectivity index (χ3n) is 7.30. The summed E-state index contributed by atoms with van der Waals surface area (Å²) in [5, 5.41) is 3.86. The van der Waals surface area contributed by atoms with Crippen molar-refractivity contribution in [1.82, 2.24) is 14.9 Å². The third-order valence-corrected chi connectivity index (χ3v) is 9.26. The number of aromatic nitrogens is 2. The number of pyridine rings is 1. The number of hydrogen-bond acceptors (Lipinski definition) is 8. The summed E-state index contributed by atoms with van der Waals surface area (Å²) in [4.78, 5) is 13.2. The molecule has 2 fully saturated rings. The number of likely N-dealkylation sites (tertiary alicyclic amines) is 1. The molecule has 0 saturated carbocycles. The molecule has 4 aromatic rings. The molecule has 0 aliphatic carbocycles. The molecule has 0 spiro atoms. The standard InChI is InChI=1S/C26H28F2N4O2S2/c1-15-16(6-8-32(15)9-11-34-22-4-2-3-10-33-22)20-12-17-19(5-7-29-26(17)36-20)31-24-18(27)13-21-25(23(24)28)30-14-35-21/h5,7,12-16,22H,2-4,6,8-11H2,1H3,(H,29,31). The number of ether oxygens (including phenoxy) is 2. The fourth-order valence-corrected chi connectivity index (χ4v) is 7.23. The maximum atomic E-state index is 15.0. The number of halogens is 2. The van der Waals surface area contributed by atoms with E-state index in [2.05, 4.69) is 33.2 Å². The number of thiophene rings is 1. The lowest BCUT2D eigenvalue weighted by atomic mass is 9.99. The van der Waals surface area contributed by atoms with E-state index in [9.17, 15) is 4.39 Å². The van der Waals surface area contributed by atoms with Gasteiger partial charge in [-0.1, -0.05) is 0 Å². The summed E-state index contributed by atoms with van der Waals surface area (Å²) in [6.07, 6.45) is 5.95. The van der Waals surface area contributed by atoms with Crippen LogP contribution in [0.15, 0.2) is 29.9 Å². The molecule has 2 aliphatic rings. The van der Waals surface area contributed by atoms with Crippen LogP contribution in [0.5, 0.6) is 0 Å². The van der Waals surface area contributed by atoms with Gasteiger partial charge in [0, 0.05) is 41.6 Å². The van der Waals surface area contributed by atoms with E-state index in [-0.39, 0.29) is 17.5 Å². The Morgan fingerprint density at radius 3 is 3.00 bits per heavy atom. The van der Waals surface area contributed by atoms with Crippen molar-refractivity contribution in [3.63, 3.8) is 0 Å². The zero-order chi connectivity index (χ0) is 24.6. The number of fused-ring (bicyclic) bond motifs is 2. The second-order valence-electron chi connectivity index (χ2n) is 9.44.